The fraction of sp³-hybridized carbons (Fsp3) is 0.200. The number of aromatic carboxylic acids is 1. The minimum atomic E-state index is -4.70. The van der Waals surface area contributed by atoms with Crippen LogP contribution < -0.4 is 34.7 Å². The van der Waals surface area contributed by atoms with Gasteiger partial charge in [0.2, 0.25) is 0 Å². The predicted molar refractivity (Wildman–Crippen MR) is 25.8 cm³/mol. The largest absolute Gasteiger partial charge is 1.00 e. The van der Waals surface area contributed by atoms with E-state index in [1.54, 1.807) is 0 Å². The van der Waals surface area contributed by atoms with Gasteiger partial charge in [-0.15, -0.1) is 0 Å². The van der Waals surface area contributed by atoms with Crippen molar-refractivity contribution in [2.75, 3.05) is 0 Å². The first-order valence-corrected chi connectivity index (χ1v) is 2.66. The number of nitrogens with zero attached hydrogens (tertiary/aromatic N) is 1. The van der Waals surface area contributed by atoms with Crippen LogP contribution in [0.2, 0.25) is 0 Å². The van der Waals surface area contributed by atoms with Gasteiger partial charge in [0.25, 0.3) is 0 Å². The third kappa shape index (κ3) is 3.02. The molecule has 0 aliphatic heterocycles. The van der Waals surface area contributed by atoms with Crippen LogP contribution in [-0.2, 0) is 6.18 Å². The number of aromatic nitrogens is 1. The first-order chi connectivity index (χ1) is 5.41. The molecule has 0 unspecified atom stereocenters. The van der Waals surface area contributed by atoms with Crippen molar-refractivity contribution < 1.29 is 57.2 Å². The van der Waals surface area contributed by atoms with Crippen LogP contribution in [0.3, 0.4) is 0 Å². The molecule has 1 rings (SSSR count). The van der Waals surface area contributed by atoms with E-state index in [4.69, 9.17) is 0 Å². The number of carboxylic acid groups (broad SMARTS) is 1. The molecule has 4 nitrogen and oxygen atoms in total. The van der Waals surface area contributed by atoms with Gasteiger partial charge in [-0.3, -0.25) is 0 Å². The fourth-order valence-electron chi connectivity index (χ4n) is 0.505. The molecular weight excluding hydrogens is 202 g/mol. The second-order valence-corrected chi connectivity index (χ2v) is 1.86. The van der Waals surface area contributed by atoms with Crippen LogP contribution in [0.25, 0.3) is 0 Å². The van der Waals surface area contributed by atoms with Gasteiger partial charge in [-0.1, -0.05) is 5.16 Å². The second kappa shape index (κ2) is 4.12. The van der Waals surface area contributed by atoms with E-state index in [-0.39, 0.29) is 35.6 Å². The smallest absolute Gasteiger partial charge is 0.541 e. The van der Waals surface area contributed by atoms with Crippen LogP contribution in [0.1, 0.15) is 16.2 Å². The maximum atomic E-state index is 11.7. The summed E-state index contributed by atoms with van der Waals surface area (Å²) in [5.41, 5.74) is -1.39. The van der Waals surface area contributed by atoms with Gasteiger partial charge in [-0.05, 0) is 0 Å². The molecule has 0 atom stereocenters. The third-order valence-electron chi connectivity index (χ3n) is 1.00. The topological polar surface area (TPSA) is 66.2 Å². The van der Waals surface area contributed by atoms with Crippen molar-refractivity contribution in [1.82, 2.24) is 5.16 Å². The standard InChI is InChI=1S/C5H2F3NO3.Na/c6-5(7,8)3-1-2(4(10)11)12-9-3;/h1H,(H,10,11);/q;+1/p-1. The quantitative estimate of drug-likeness (QED) is 0.458. The molecule has 1 aromatic heterocycles. The van der Waals surface area contributed by atoms with E-state index < -0.39 is 23.6 Å². The Balaban J connectivity index is 0.00000144. The molecule has 0 radical (unpaired) electrons. The van der Waals surface area contributed by atoms with Crippen LogP contribution in [0.4, 0.5) is 13.2 Å². The predicted octanol–water partition coefficient (Wildman–Crippen LogP) is -2.94. The summed E-state index contributed by atoms with van der Waals surface area (Å²) in [5, 5.41) is 12.4. The first kappa shape index (κ1) is 12.5. The monoisotopic (exact) mass is 203 g/mol. The molecule has 1 aromatic rings. The van der Waals surface area contributed by atoms with Crippen molar-refractivity contribution in [1.29, 1.82) is 0 Å². The van der Waals surface area contributed by atoms with Crippen molar-refractivity contribution >= 4 is 5.97 Å². The van der Waals surface area contributed by atoms with Crippen molar-refractivity contribution in [2.45, 2.75) is 6.18 Å². The zero-order chi connectivity index (χ0) is 9.35. The Hall–Kier alpha value is -0.530. The zero-order valence-corrected chi connectivity index (χ0v) is 8.38. The van der Waals surface area contributed by atoms with E-state index in [1.807, 2.05) is 0 Å². The van der Waals surface area contributed by atoms with Crippen LogP contribution >= 0.6 is 0 Å². The minimum absolute atomic E-state index is 0. The van der Waals surface area contributed by atoms with Crippen LogP contribution in [0.5, 0.6) is 0 Å². The van der Waals surface area contributed by atoms with Gasteiger partial charge < -0.3 is 14.4 Å². The molecule has 0 saturated heterocycles. The summed E-state index contributed by atoms with van der Waals surface area (Å²) in [6.45, 7) is 0. The van der Waals surface area contributed by atoms with Gasteiger partial charge in [-0.2, -0.15) is 13.2 Å². The Kier molecular flexibility index (Phi) is 3.95. The maximum absolute atomic E-state index is 11.7. The molecule has 0 N–H and O–H groups in total. The Morgan fingerprint density at radius 3 is 2.31 bits per heavy atom. The van der Waals surface area contributed by atoms with Gasteiger partial charge in [0.15, 0.2) is 11.5 Å². The molecule has 0 spiro atoms. The maximum Gasteiger partial charge on any atom is 1.00 e. The van der Waals surface area contributed by atoms with Gasteiger partial charge >= 0.3 is 35.7 Å². The molecule has 0 fully saturated rings. The van der Waals surface area contributed by atoms with Gasteiger partial charge in [0.1, 0.15) is 5.97 Å². The van der Waals surface area contributed by atoms with Gasteiger partial charge in [0, 0.05) is 6.07 Å². The SMILES string of the molecule is O=C([O-])c1cc(C(F)(F)F)no1.[Na+]. The summed E-state index contributed by atoms with van der Waals surface area (Å²) in [7, 11) is 0. The van der Waals surface area contributed by atoms with E-state index in [9.17, 15) is 23.1 Å². The summed E-state index contributed by atoms with van der Waals surface area (Å²) >= 11 is 0. The van der Waals surface area contributed by atoms with E-state index in [2.05, 4.69) is 9.68 Å². The molecular formula is C5HF3NNaO3. The normalized spacial score (nSPS) is 10.7. The molecule has 13 heavy (non-hydrogen) atoms. The average molecular weight is 203 g/mol. The Bertz CT molecular complexity index is 308. The molecule has 0 amide bonds. The molecule has 0 saturated carbocycles. The van der Waals surface area contributed by atoms with Crippen molar-refractivity contribution in [3.05, 3.63) is 17.5 Å². The van der Waals surface area contributed by atoms with E-state index in [0.717, 1.165) is 0 Å². The molecule has 0 bridgehead atoms. The summed E-state index contributed by atoms with van der Waals surface area (Å²) in [6, 6.07) is 0.259. The van der Waals surface area contributed by atoms with E-state index in [1.165, 1.54) is 0 Å². The fourth-order valence-corrected chi connectivity index (χ4v) is 0.505. The van der Waals surface area contributed by atoms with Crippen molar-refractivity contribution in [2.24, 2.45) is 0 Å². The van der Waals surface area contributed by atoms with Gasteiger partial charge in [-0.25, -0.2) is 0 Å². The van der Waals surface area contributed by atoms with Crippen LogP contribution in [0.15, 0.2) is 10.6 Å². The minimum Gasteiger partial charge on any atom is -0.541 e. The summed E-state index contributed by atoms with van der Waals surface area (Å²) in [5.74, 6) is -2.78. The average Bonchev–Trinajstić information content (AvgIpc) is 2.30. The second-order valence-electron chi connectivity index (χ2n) is 1.86. The molecule has 0 aliphatic carbocycles. The van der Waals surface area contributed by atoms with E-state index >= 15 is 0 Å². The van der Waals surface area contributed by atoms with Crippen molar-refractivity contribution in [3.8, 4) is 0 Å². The van der Waals surface area contributed by atoms with Crippen LogP contribution in [0, 0.1) is 0 Å². The number of hydrogen-bond donors (Lipinski definition) is 0. The summed E-state index contributed by atoms with van der Waals surface area (Å²) < 4.78 is 39.0. The number of rotatable bonds is 1. The molecule has 1 heterocycles. The van der Waals surface area contributed by atoms with Crippen LogP contribution in [-0.4, -0.2) is 11.1 Å². The zero-order valence-electron chi connectivity index (χ0n) is 6.38. The Morgan fingerprint density at radius 2 is 2.08 bits per heavy atom. The van der Waals surface area contributed by atoms with E-state index in [0.29, 0.717) is 0 Å². The molecule has 8 heteroatoms. The number of carboxylic acids is 1. The number of halogens is 3. The molecule has 66 valence electrons. The summed E-state index contributed by atoms with van der Waals surface area (Å²) in [6.07, 6.45) is -4.70. The summed E-state index contributed by atoms with van der Waals surface area (Å²) in [4.78, 5) is 9.93. The Labute approximate surface area is 92.0 Å². The number of carbonyl (C=O) groups excluding carboxylic acids is 1. The number of alkyl halides is 3. The van der Waals surface area contributed by atoms with Gasteiger partial charge in [0.05, 0.1) is 0 Å². The third-order valence-corrected chi connectivity index (χ3v) is 1.00. The van der Waals surface area contributed by atoms with Crippen molar-refractivity contribution in [3.63, 3.8) is 0 Å². The number of carbonyl (C=O) groups is 1. The molecule has 0 aliphatic rings. The molecule has 0 aromatic carbocycles. The first-order valence-electron chi connectivity index (χ1n) is 2.66. The number of hydrogen-bond acceptors (Lipinski definition) is 4. The Morgan fingerprint density at radius 1 is 1.54 bits per heavy atom.